The van der Waals surface area contributed by atoms with Gasteiger partial charge in [0.1, 0.15) is 5.82 Å². The first-order chi connectivity index (χ1) is 16.0. The van der Waals surface area contributed by atoms with Crippen molar-refractivity contribution in [2.24, 2.45) is 5.92 Å². The summed E-state index contributed by atoms with van der Waals surface area (Å²) in [5.41, 5.74) is 4.19. The molecule has 1 fully saturated rings. The van der Waals surface area contributed by atoms with E-state index in [1.807, 2.05) is 43.3 Å². The monoisotopic (exact) mass is 448 g/mol. The molecule has 1 aliphatic carbocycles. The van der Waals surface area contributed by atoms with Gasteiger partial charge in [0.25, 0.3) is 0 Å². The fraction of sp³-hybridized carbons (Fsp3) is 0.333. The van der Waals surface area contributed by atoms with E-state index in [2.05, 4.69) is 13.0 Å². The Morgan fingerprint density at radius 2 is 1.58 bits per heavy atom. The fourth-order valence-electron chi connectivity index (χ4n) is 4.87. The first-order valence-electron chi connectivity index (χ1n) is 12.0. The second-order valence-corrected chi connectivity index (χ2v) is 9.27. The maximum atomic E-state index is 15.0. The van der Waals surface area contributed by atoms with E-state index >= 15 is 4.39 Å². The SMILES string of the molecule is CCCc1ccc(-c2ccc(C3CCC(/C=C/c4ccc(C)cc4F)CC3)c(F)c2F)cc1. The van der Waals surface area contributed by atoms with Gasteiger partial charge in [-0.25, -0.2) is 13.2 Å². The van der Waals surface area contributed by atoms with Crippen LogP contribution in [0.15, 0.2) is 60.7 Å². The summed E-state index contributed by atoms with van der Waals surface area (Å²) in [7, 11) is 0. The lowest BCUT2D eigenvalue weighted by Crippen LogP contribution is -2.13. The molecule has 0 amide bonds. The van der Waals surface area contributed by atoms with Gasteiger partial charge in [0.2, 0.25) is 0 Å². The Balaban J connectivity index is 1.43. The summed E-state index contributed by atoms with van der Waals surface area (Å²) < 4.78 is 44.1. The minimum atomic E-state index is -0.757. The number of allylic oxidation sites excluding steroid dienone is 1. The van der Waals surface area contributed by atoms with Crippen LogP contribution in [0.25, 0.3) is 17.2 Å². The molecule has 0 radical (unpaired) electrons. The number of halogens is 3. The summed E-state index contributed by atoms with van der Waals surface area (Å²) in [6.07, 6.45) is 9.31. The predicted molar refractivity (Wildman–Crippen MR) is 131 cm³/mol. The van der Waals surface area contributed by atoms with Crippen molar-refractivity contribution in [3.63, 3.8) is 0 Å². The molecule has 0 nitrogen and oxygen atoms in total. The lowest BCUT2D eigenvalue weighted by molar-refractivity contribution is 0.365. The summed E-state index contributed by atoms with van der Waals surface area (Å²) in [5, 5.41) is 0. The minimum absolute atomic E-state index is 0.0150. The third-order valence-electron chi connectivity index (χ3n) is 6.83. The lowest BCUT2D eigenvalue weighted by Gasteiger charge is -2.27. The quantitative estimate of drug-likeness (QED) is 0.353. The molecular weight excluding hydrogens is 417 g/mol. The highest BCUT2D eigenvalue weighted by atomic mass is 19.2. The van der Waals surface area contributed by atoms with Crippen molar-refractivity contribution < 1.29 is 13.2 Å². The highest BCUT2D eigenvalue weighted by Crippen LogP contribution is 2.39. The Bertz CT molecular complexity index is 1120. The largest absolute Gasteiger partial charge is 0.206 e. The zero-order valence-corrected chi connectivity index (χ0v) is 19.4. The molecule has 0 aliphatic heterocycles. The molecule has 1 aliphatic rings. The third-order valence-corrected chi connectivity index (χ3v) is 6.83. The molecule has 0 spiro atoms. The van der Waals surface area contributed by atoms with Crippen LogP contribution in [-0.2, 0) is 6.42 Å². The van der Waals surface area contributed by atoms with E-state index in [-0.39, 0.29) is 11.7 Å². The molecule has 1 saturated carbocycles. The number of benzene rings is 3. The van der Waals surface area contributed by atoms with Crippen LogP contribution < -0.4 is 0 Å². The Hall–Kier alpha value is -2.81. The van der Waals surface area contributed by atoms with Gasteiger partial charge in [-0.15, -0.1) is 0 Å². The summed E-state index contributed by atoms with van der Waals surface area (Å²) in [4.78, 5) is 0. The van der Waals surface area contributed by atoms with Gasteiger partial charge in [-0.3, -0.25) is 0 Å². The average molecular weight is 449 g/mol. The number of aryl methyl sites for hydroxylation is 2. The molecule has 0 N–H and O–H groups in total. The van der Waals surface area contributed by atoms with Crippen LogP contribution in [0.2, 0.25) is 0 Å². The van der Waals surface area contributed by atoms with Crippen molar-refractivity contribution in [3.05, 3.63) is 100 Å². The maximum Gasteiger partial charge on any atom is 0.166 e. The van der Waals surface area contributed by atoms with Crippen LogP contribution in [-0.4, -0.2) is 0 Å². The molecule has 3 aromatic rings. The highest BCUT2D eigenvalue weighted by molar-refractivity contribution is 5.65. The predicted octanol–water partition coefficient (Wildman–Crippen LogP) is 9.02. The first kappa shape index (κ1) is 23.4. The first-order valence-corrected chi connectivity index (χ1v) is 12.0. The zero-order valence-electron chi connectivity index (χ0n) is 19.4. The van der Waals surface area contributed by atoms with E-state index in [1.165, 1.54) is 11.6 Å². The van der Waals surface area contributed by atoms with Gasteiger partial charge < -0.3 is 0 Å². The van der Waals surface area contributed by atoms with E-state index in [0.29, 0.717) is 28.2 Å². The van der Waals surface area contributed by atoms with Crippen molar-refractivity contribution in [1.29, 1.82) is 0 Å². The van der Waals surface area contributed by atoms with Gasteiger partial charge in [0.15, 0.2) is 11.6 Å². The van der Waals surface area contributed by atoms with E-state index in [4.69, 9.17) is 0 Å². The summed E-state index contributed by atoms with van der Waals surface area (Å²) >= 11 is 0. The molecule has 0 heterocycles. The van der Waals surface area contributed by atoms with Crippen LogP contribution in [0.1, 0.15) is 67.2 Å². The number of hydrogen-bond acceptors (Lipinski definition) is 0. The van der Waals surface area contributed by atoms with Gasteiger partial charge in [0.05, 0.1) is 0 Å². The van der Waals surface area contributed by atoms with Crippen molar-refractivity contribution >= 4 is 6.08 Å². The number of hydrogen-bond donors (Lipinski definition) is 0. The van der Waals surface area contributed by atoms with Crippen molar-refractivity contribution in [3.8, 4) is 11.1 Å². The second kappa shape index (κ2) is 10.4. The van der Waals surface area contributed by atoms with Crippen LogP contribution in [0.5, 0.6) is 0 Å². The van der Waals surface area contributed by atoms with Crippen LogP contribution in [0.3, 0.4) is 0 Å². The van der Waals surface area contributed by atoms with Crippen LogP contribution in [0, 0.1) is 30.3 Å². The van der Waals surface area contributed by atoms with Crippen molar-refractivity contribution in [2.75, 3.05) is 0 Å². The normalized spacial score (nSPS) is 18.7. The van der Waals surface area contributed by atoms with Gasteiger partial charge in [0, 0.05) is 11.1 Å². The molecule has 0 bridgehead atoms. The number of rotatable bonds is 6. The summed E-state index contributed by atoms with van der Waals surface area (Å²) in [6, 6.07) is 16.4. The van der Waals surface area contributed by atoms with E-state index in [0.717, 1.165) is 44.1 Å². The van der Waals surface area contributed by atoms with Crippen molar-refractivity contribution in [2.45, 2.75) is 58.3 Å². The Morgan fingerprint density at radius 3 is 2.24 bits per heavy atom. The molecule has 0 saturated heterocycles. The lowest BCUT2D eigenvalue weighted by atomic mass is 9.78. The summed E-state index contributed by atoms with van der Waals surface area (Å²) in [5.74, 6) is -1.34. The van der Waals surface area contributed by atoms with Crippen LogP contribution in [0.4, 0.5) is 13.2 Å². The maximum absolute atomic E-state index is 15.0. The topological polar surface area (TPSA) is 0 Å². The Morgan fingerprint density at radius 1 is 0.848 bits per heavy atom. The average Bonchev–Trinajstić information content (AvgIpc) is 2.82. The Kier molecular flexibility index (Phi) is 7.37. The third kappa shape index (κ3) is 5.40. The van der Waals surface area contributed by atoms with Gasteiger partial charge in [-0.2, -0.15) is 0 Å². The van der Waals surface area contributed by atoms with Gasteiger partial charge >= 0.3 is 0 Å². The van der Waals surface area contributed by atoms with E-state index in [1.54, 1.807) is 18.2 Å². The standard InChI is InChI=1S/C30H31F3/c1-3-4-21-6-12-23(13-7-21)26-17-18-27(30(33)29(26)32)24-14-8-22(9-15-24)10-16-25-11-5-20(2)19-28(25)31/h5-7,10-13,16-19,22,24H,3-4,8-9,14-15H2,1-2H3/b16-10+. The van der Waals surface area contributed by atoms with Crippen LogP contribution >= 0.6 is 0 Å². The molecule has 172 valence electrons. The fourth-order valence-corrected chi connectivity index (χ4v) is 4.87. The smallest absolute Gasteiger partial charge is 0.166 e. The van der Waals surface area contributed by atoms with Gasteiger partial charge in [-0.1, -0.05) is 74.0 Å². The Labute approximate surface area is 195 Å². The second-order valence-electron chi connectivity index (χ2n) is 9.27. The van der Waals surface area contributed by atoms with Crippen molar-refractivity contribution in [1.82, 2.24) is 0 Å². The minimum Gasteiger partial charge on any atom is -0.206 e. The molecule has 3 aromatic carbocycles. The molecule has 33 heavy (non-hydrogen) atoms. The molecule has 0 aromatic heterocycles. The summed E-state index contributed by atoms with van der Waals surface area (Å²) in [6.45, 7) is 3.99. The van der Waals surface area contributed by atoms with E-state index in [9.17, 15) is 8.78 Å². The zero-order chi connectivity index (χ0) is 23.4. The van der Waals surface area contributed by atoms with Gasteiger partial charge in [-0.05, 0) is 79.2 Å². The molecule has 0 unspecified atom stereocenters. The molecule has 0 atom stereocenters. The molecule has 3 heteroatoms. The van der Waals surface area contributed by atoms with E-state index < -0.39 is 11.6 Å². The highest BCUT2D eigenvalue weighted by Gasteiger charge is 2.25. The molecular formula is C30H31F3. The molecule has 4 rings (SSSR count).